The zero-order valence-corrected chi connectivity index (χ0v) is 13.2. The van der Waals surface area contributed by atoms with Gasteiger partial charge in [0, 0.05) is 0 Å². The van der Waals surface area contributed by atoms with Crippen LogP contribution in [-0.4, -0.2) is 36.2 Å². The Kier molecular flexibility index (Phi) is 4.30. The molecule has 2 rings (SSSR count). The van der Waals surface area contributed by atoms with Crippen molar-refractivity contribution in [1.29, 1.82) is 0 Å². The fourth-order valence-electron chi connectivity index (χ4n) is 2.02. The average Bonchev–Trinajstić information content (AvgIpc) is 2.44. The molecule has 2 atom stereocenters. The normalized spacial score (nSPS) is 19.7. The van der Waals surface area contributed by atoms with Gasteiger partial charge in [-0.1, -0.05) is 12.1 Å². The van der Waals surface area contributed by atoms with E-state index in [0.29, 0.717) is 17.8 Å². The largest absolute Gasteiger partial charge is 0.486 e. The van der Waals surface area contributed by atoms with Gasteiger partial charge in [-0.15, -0.1) is 0 Å². The summed E-state index contributed by atoms with van der Waals surface area (Å²) >= 11 is 0. The first-order valence-electron chi connectivity index (χ1n) is 7.09. The van der Waals surface area contributed by atoms with Gasteiger partial charge in [0.2, 0.25) is 0 Å². The lowest BCUT2D eigenvalue weighted by molar-refractivity contribution is -0.117. The van der Waals surface area contributed by atoms with E-state index in [0.717, 1.165) is 0 Å². The summed E-state index contributed by atoms with van der Waals surface area (Å²) in [5, 5.41) is 2.57. The highest BCUT2D eigenvalue weighted by Crippen LogP contribution is 2.33. The van der Waals surface area contributed by atoms with Crippen molar-refractivity contribution in [3.05, 3.63) is 24.3 Å². The van der Waals surface area contributed by atoms with Crippen molar-refractivity contribution in [2.45, 2.75) is 44.9 Å². The maximum absolute atomic E-state index is 11.9. The quantitative estimate of drug-likeness (QED) is 0.867. The number of alkyl carbamates (subject to hydrolysis) is 1. The molecule has 1 aliphatic rings. The number of rotatable bonds is 3. The van der Waals surface area contributed by atoms with E-state index in [1.807, 2.05) is 12.1 Å². The lowest BCUT2D eigenvalue weighted by Crippen LogP contribution is -2.61. The molecule has 0 saturated heterocycles. The van der Waals surface area contributed by atoms with Gasteiger partial charge in [0.15, 0.2) is 17.6 Å². The molecule has 1 N–H and O–H groups in total. The second kappa shape index (κ2) is 5.87. The summed E-state index contributed by atoms with van der Waals surface area (Å²) in [6.07, 6.45) is -0.684. The van der Waals surface area contributed by atoms with Crippen LogP contribution in [-0.2, 0) is 9.53 Å². The first-order chi connectivity index (χ1) is 10.2. The number of hydrogen-bond acceptors (Lipinski definition) is 5. The molecule has 0 aliphatic carbocycles. The van der Waals surface area contributed by atoms with Gasteiger partial charge >= 0.3 is 6.09 Å². The van der Waals surface area contributed by atoms with Gasteiger partial charge in [-0.3, -0.25) is 0 Å². The predicted molar refractivity (Wildman–Crippen MR) is 80.2 cm³/mol. The predicted octanol–water partition coefficient (Wildman–Crippen LogP) is 2.31. The molecule has 1 aliphatic heterocycles. The molecule has 1 aromatic rings. The number of hydrogen-bond donors (Lipinski definition) is 1. The summed E-state index contributed by atoms with van der Waals surface area (Å²) in [6.45, 7) is 6.98. The smallest absolute Gasteiger partial charge is 0.408 e. The Morgan fingerprint density at radius 3 is 2.50 bits per heavy atom. The van der Waals surface area contributed by atoms with Crippen LogP contribution in [0.5, 0.6) is 11.5 Å². The summed E-state index contributed by atoms with van der Waals surface area (Å²) in [5.74, 6) is 1.15. The van der Waals surface area contributed by atoms with Crippen LogP contribution in [0, 0.1) is 0 Å². The van der Waals surface area contributed by atoms with Gasteiger partial charge in [-0.25, -0.2) is 4.79 Å². The fourth-order valence-corrected chi connectivity index (χ4v) is 2.02. The molecule has 0 radical (unpaired) electrons. The van der Waals surface area contributed by atoms with E-state index < -0.39 is 23.3 Å². The summed E-state index contributed by atoms with van der Waals surface area (Å²) in [4.78, 5) is 23.5. The van der Waals surface area contributed by atoms with Crippen molar-refractivity contribution in [2.24, 2.45) is 0 Å². The number of amides is 1. The van der Waals surface area contributed by atoms with Crippen molar-refractivity contribution in [3.63, 3.8) is 0 Å². The molecule has 0 fully saturated rings. The Morgan fingerprint density at radius 1 is 1.27 bits per heavy atom. The number of ether oxygens (including phenoxy) is 3. The summed E-state index contributed by atoms with van der Waals surface area (Å²) in [7, 11) is 0. The van der Waals surface area contributed by atoms with Crippen molar-refractivity contribution >= 4 is 12.4 Å². The van der Waals surface area contributed by atoms with Crippen LogP contribution in [0.15, 0.2) is 24.3 Å². The molecular formula is C16H21NO5. The van der Waals surface area contributed by atoms with Crippen molar-refractivity contribution in [2.75, 3.05) is 6.61 Å². The Labute approximate surface area is 129 Å². The first-order valence-corrected chi connectivity index (χ1v) is 7.09. The number of carbonyl (C=O) groups excluding carboxylic acids is 2. The van der Waals surface area contributed by atoms with Gasteiger partial charge in [-0.2, -0.15) is 0 Å². The number of fused-ring (bicyclic) bond motifs is 1. The molecule has 1 aromatic carbocycles. The minimum Gasteiger partial charge on any atom is -0.486 e. The topological polar surface area (TPSA) is 73.9 Å². The van der Waals surface area contributed by atoms with Crippen LogP contribution in [0.2, 0.25) is 0 Å². The van der Waals surface area contributed by atoms with Gasteiger partial charge in [0.05, 0.1) is 0 Å². The highest BCUT2D eigenvalue weighted by Gasteiger charge is 2.41. The molecular weight excluding hydrogens is 286 g/mol. The molecule has 1 heterocycles. The van der Waals surface area contributed by atoms with E-state index in [1.54, 1.807) is 39.8 Å². The third kappa shape index (κ3) is 3.69. The number of para-hydroxylation sites is 2. The van der Waals surface area contributed by atoms with E-state index in [-0.39, 0.29) is 6.61 Å². The van der Waals surface area contributed by atoms with Gasteiger partial charge in [0.25, 0.3) is 0 Å². The van der Waals surface area contributed by atoms with Gasteiger partial charge < -0.3 is 24.3 Å². The lowest BCUT2D eigenvalue weighted by Gasteiger charge is -2.37. The molecule has 6 nitrogen and oxygen atoms in total. The summed E-state index contributed by atoms with van der Waals surface area (Å²) in [5.41, 5.74) is -1.90. The van der Waals surface area contributed by atoms with Crippen molar-refractivity contribution in [1.82, 2.24) is 5.32 Å². The molecule has 0 bridgehead atoms. The SMILES string of the molecule is CC(C)(C)OC(=O)NC(C)(C=O)C1COc2ccccc2O1. The van der Waals surface area contributed by atoms with E-state index >= 15 is 0 Å². The minimum absolute atomic E-state index is 0.155. The molecule has 120 valence electrons. The number of nitrogens with one attached hydrogen (secondary N) is 1. The Bertz CT molecular complexity index is 566. The Morgan fingerprint density at radius 2 is 1.91 bits per heavy atom. The third-order valence-corrected chi connectivity index (χ3v) is 3.19. The van der Waals surface area contributed by atoms with Crippen LogP contribution in [0.1, 0.15) is 27.7 Å². The van der Waals surface area contributed by atoms with Crippen LogP contribution in [0.25, 0.3) is 0 Å². The van der Waals surface area contributed by atoms with Crippen molar-refractivity contribution < 1.29 is 23.8 Å². The maximum atomic E-state index is 11.9. The fraction of sp³-hybridized carbons (Fsp3) is 0.500. The van der Waals surface area contributed by atoms with Crippen LogP contribution in [0.4, 0.5) is 4.79 Å². The zero-order chi connectivity index (χ0) is 16.4. The summed E-state index contributed by atoms with van der Waals surface area (Å²) < 4.78 is 16.6. The second-order valence-electron chi connectivity index (χ2n) is 6.39. The Balaban J connectivity index is 2.11. The first kappa shape index (κ1) is 16.1. The molecule has 0 aromatic heterocycles. The van der Waals surface area contributed by atoms with Gasteiger partial charge in [-0.05, 0) is 39.8 Å². The molecule has 0 spiro atoms. The monoisotopic (exact) mass is 307 g/mol. The zero-order valence-electron chi connectivity index (χ0n) is 13.2. The number of carbonyl (C=O) groups is 2. The number of aldehydes is 1. The molecule has 6 heteroatoms. The average molecular weight is 307 g/mol. The van der Waals surface area contributed by atoms with E-state index in [1.165, 1.54) is 0 Å². The van der Waals surface area contributed by atoms with Gasteiger partial charge in [0.1, 0.15) is 24.0 Å². The number of benzene rings is 1. The molecule has 1 amide bonds. The maximum Gasteiger partial charge on any atom is 0.408 e. The minimum atomic E-state index is -1.25. The summed E-state index contributed by atoms with van der Waals surface area (Å²) in [6, 6.07) is 7.18. The van der Waals surface area contributed by atoms with E-state index in [9.17, 15) is 9.59 Å². The van der Waals surface area contributed by atoms with Crippen LogP contribution in [0.3, 0.4) is 0 Å². The molecule has 0 saturated carbocycles. The van der Waals surface area contributed by atoms with E-state index in [2.05, 4.69) is 5.32 Å². The third-order valence-electron chi connectivity index (χ3n) is 3.19. The Hall–Kier alpha value is -2.24. The highest BCUT2D eigenvalue weighted by atomic mass is 16.6. The molecule has 2 unspecified atom stereocenters. The standard InChI is InChI=1S/C16H21NO5/c1-15(2,3)22-14(19)17-16(4,10-18)13-9-20-11-7-5-6-8-12(11)21-13/h5-8,10,13H,9H2,1-4H3,(H,17,19). The second-order valence-corrected chi connectivity index (χ2v) is 6.39. The van der Waals surface area contributed by atoms with Crippen molar-refractivity contribution in [3.8, 4) is 11.5 Å². The van der Waals surface area contributed by atoms with Crippen LogP contribution >= 0.6 is 0 Å². The van der Waals surface area contributed by atoms with E-state index in [4.69, 9.17) is 14.2 Å². The highest BCUT2D eigenvalue weighted by molar-refractivity contribution is 5.77. The lowest BCUT2D eigenvalue weighted by atomic mass is 9.96. The molecule has 22 heavy (non-hydrogen) atoms. The van der Waals surface area contributed by atoms with Crippen LogP contribution < -0.4 is 14.8 Å².